The highest BCUT2D eigenvalue weighted by Gasteiger charge is 2.26. The molecule has 0 N–H and O–H groups in total. The van der Waals surface area contributed by atoms with E-state index in [1.54, 1.807) is 17.5 Å². The van der Waals surface area contributed by atoms with Gasteiger partial charge in [0.2, 0.25) is 0 Å². The lowest BCUT2D eigenvalue weighted by Crippen LogP contribution is -2.26. The van der Waals surface area contributed by atoms with Gasteiger partial charge in [-0.1, -0.05) is 23.7 Å². The summed E-state index contributed by atoms with van der Waals surface area (Å²) < 4.78 is 21.7. The maximum absolute atomic E-state index is 6.48. The van der Waals surface area contributed by atoms with Crippen molar-refractivity contribution in [1.29, 1.82) is 0 Å². The summed E-state index contributed by atoms with van der Waals surface area (Å²) in [6, 6.07) is 20.5. The summed E-state index contributed by atoms with van der Waals surface area (Å²) in [5.74, 6) is 2.44. The van der Waals surface area contributed by atoms with Crippen LogP contribution in [-0.2, 0) is 17.8 Å². The first-order chi connectivity index (χ1) is 19.2. The van der Waals surface area contributed by atoms with Gasteiger partial charge in [-0.3, -0.25) is 4.90 Å². The summed E-state index contributed by atoms with van der Waals surface area (Å²) in [6.45, 7) is 4.16. The molecule has 0 aliphatic carbocycles. The molecule has 1 saturated heterocycles. The highest BCUT2D eigenvalue weighted by atomic mass is 35.5. The molecular formula is C30H27ClN4O3S. The molecule has 7 nitrogen and oxygen atoms in total. The molecule has 0 spiro atoms. The van der Waals surface area contributed by atoms with Gasteiger partial charge in [-0.2, -0.15) is 0 Å². The van der Waals surface area contributed by atoms with Crippen molar-refractivity contribution < 1.29 is 14.2 Å². The number of nitrogens with zero attached hydrogens (tertiary/aromatic N) is 4. The van der Waals surface area contributed by atoms with Gasteiger partial charge in [0.15, 0.2) is 11.5 Å². The number of fused-ring (bicyclic) bond motifs is 2. The Labute approximate surface area is 235 Å². The van der Waals surface area contributed by atoms with Gasteiger partial charge >= 0.3 is 0 Å². The van der Waals surface area contributed by atoms with Crippen LogP contribution < -0.4 is 9.47 Å². The SMILES string of the molecule is Clc1ccc(-n2cccc2CN2CCOc3c(cc(-c4nc5ccccc5s4)cc3O[C@H]3CCOC3)C2)nc1. The molecule has 2 aromatic carbocycles. The van der Waals surface area contributed by atoms with Crippen molar-refractivity contribution >= 4 is 33.2 Å². The molecule has 2 aliphatic rings. The number of rotatable bonds is 6. The van der Waals surface area contributed by atoms with Crippen molar-refractivity contribution in [3.8, 4) is 27.9 Å². The van der Waals surface area contributed by atoms with E-state index in [1.165, 1.54) is 4.70 Å². The quantitative estimate of drug-likeness (QED) is 0.241. The van der Waals surface area contributed by atoms with E-state index in [2.05, 4.69) is 56.9 Å². The van der Waals surface area contributed by atoms with Crippen LogP contribution in [0.4, 0.5) is 0 Å². The Balaban J connectivity index is 1.22. The molecular weight excluding hydrogens is 532 g/mol. The van der Waals surface area contributed by atoms with Crippen LogP contribution >= 0.6 is 22.9 Å². The molecule has 9 heteroatoms. The molecule has 0 bridgehead atoms. The first-order valence-electron chi connectivity index (χ1n) is 13.1. The lowest BCUT2D eigenvalue weighted by atomic mass is 10.1. The van der Waals surface area contributed by atoms with Crippen LogP contribution in [0.15, 0.2) is 73.1 Å². The second kappa shape index (κ2) is 10.6. The van der Waals surface area contributed by atoms with Gasteiger partial charge in [0.1, 0.15) is 23.5 Å². The van der Waals surface area contributed by atoms with Gasteiger partial charge in [-0.25, -0.2) is 9.97 Å². The van der Waals surface area contributed by atoms with Crippen molar-refractivity contribution in [2.45, 2.75) is 25.6 Å². The van der Waals surface area contributed by atoms with Crippen molar-refractivity contribution in [3.05, 3.63) is 89.3 Å². The third-order valence-corrected chi connectivity index (χ3v) is 8.39. The van der Waals surface area contributed by atoms with Crippen LogP contribution in [-0.4, -0.2) is 51.9 Å². The average Bonchev–Trinajstić information content (AvgIpc) is 3.69. The van der Waals surface area contributed by atoms with Crippen molar-refractivity contribution in [1.82, 2.24) is 19.4 Å². The third kappa shape index (κ3) is 5.13. The number of pyridine rings is 1. The van der Waals surface area contributed by atoms with Gasteiger partial charge < -0.3 is 18.8 Å². The van der Waals surface area contributed by atoms with Gasteiger partial charge in [0.05, 0.1) is 28.5 Å². The summed E-state index contributed by atoms with van der Waals surface area (Å²) >= 11 is 7.76. The Morgan fingerprint density at radius 2 is 2.03 bits per heavy atom. The maximum Gasteiger partial charge on any atom is 0.165 e. The number of hydrogen-bond acceptors (Lipinski definition) is 7. The van der Waals surface area contributed by atoms with E-state index >= 15 is 0 Å². The highest BCUT2D eigenvalue weighted by Crippen LogP contribution is 2.41. The van der Waals surface area contributed by atoms with E-state index < -0.39 is 0 Å². The van der Waals surface area contributed by atoms with Crippen LogP contribution in [0.2, 0.25) is 5.02 Å². The summed E-state index contributed by atoms with van der Waals surface area (Å²) in [5.41, 5.74) is 4.30. The minimum atomic E-state index is 0.0258. The second-order valence-corrected chi connectivity index (χ2v) is 11.3. The first kappa shape index (κ1) is 24.6. The molecule has 1 atom stereocenters. The van der Waals surface area contributed by atoms with Crippen LogP contribution in [0.3, 0.4) is 0 Å². The minimum Gasteiger partial charge on any atom is -0.488 e. The Hall–Kier alpha value is -3.43. The molecule has 198 valence electrons. The van der Waals surface area contributed by atoms with E-state index in [9.17, 15) is 0 Å². The molecule has 1 fully saturated rings. The number of aromatic nitrogens is 3. The maximum atomic E-state index is 6.48. The number of hydrogen-bond donors (Lipinski definition) is 0. The normalized spacial score (nSPS) is 17.6. The smallest absolute Gasteiger partial charge is 0.165 e. The number of thiazole rings is 1. The van der Waals surface area contributed by atoms with Crippen LogP contribution in [0, 0.1) is 0 Å². The predicted molar refractivity (Wildman–Crippen MR) is 153 cm³/mol. The van der Waals surface area contributed by atoms with E-state index in [0.29, 0.717) is 18.2 Å². The number of ether oxygens (including phenoxy) is 3. The monoisotopic (exact) mass is 558 g/mol. The Morgan fingerprint density at radius 3 is 2.87 bits per heavy atom. The minimum absolute atomic E-state index is 0.0258. The van der Waals surface area contributed by atoms with Crippen LogP contribution in [0.1, 0.15) is 17.7 Å². The summed E-state index contributed by atoms with van der Waals surface area (Å²) in [4.78, 5) is 11.8. The molecule has 7 rings (SSSR count). The zero-order chi connectivity index (χ0) is 26.2. The largest absolute Gasteiger partial charge is 0.488 e. The fourth-order valence-electron chi connectivity index (χ4n) is 5.17. The van der Waals surface area contributed by atoms with Crippen molar-refractivity contribution in [2.24, 2.45) is 0 Å². The van der Waals surface area contributed by atoms with E-state index in [0.717, 1.165) is 77.3 Å². The summed E-state index contributed by atoms with van der Waals surface area (Å²) in [7, 11) is 0. The van der Waals surface area contributed by atoms with Crippen LogP contribution in [0.5, 0.6) is 11.5 Å². The molecule has 0 saturated carbocycles. The zero-order valence-corrected chi connectivity index (χ0v) is 22.8. The van der Waals surface area contributed by atoms with Gasteiger partial charge in [-0.15, -0.1) is 11.3 Å². The van der Waals surface area contributed by atoms with E-state index in [-0.39, 0.29) is 6.10 Å². The fourth-order valence-corrected chi connectivity index (χ4v) is 6.24. The van der Waals surface area contributed by atoms with E-state index in [1.807, 2.05) is 24.4 Å². The van der Waals surface area contributed by atoms with Gasteiger partial charge in [0, 0.05) is 55.3 Å². The molecule has 2 aliphatic heterocycles. The second-order valence-electron chi connectivity index (χ2n) is 9.82. The lowest BCUT2D eigenvalue weighted by Gasteiger charge is -2.21. The Bertz CT molecular complexity index is 1580. The Kier molecular flexibility index (Phi) is 6.70. The fraction of sp³-hybridized carbons (Fsp3) is 0.267. The lowest BCUT2D eigenvalue weighted by molar-refractivity contribution is 0.137. The summed E-state index contributed by atoms with van der Waals surface area (Å²) in [5, 5.41) is 1.60. The summed E-state index contributed by atoms with van der Waals surface area (Å²) in [6.07, 6.45) is 4.62. The average molecular weight is 559 g/mol. The van der Waals surface area contributed by atoms with Gasteiger partial charge in [0.25, 0.3) is 0 Å². The van der Waals surface area contributed by atoms with Crippen molar-refractivity contribution in [2.75, 3.05) is 26.4 Å². The number of halogens is 1. The zero-order valence-electron chi connectivity index (χ0n) is 21.3. The topological polar surface area (TPSA) is 61.6 Å². The van der Waals surface area contributed by atoms with Gasteiger partial charge in [-0.05, 0) is 48.5 Å². The molecule has 5 aromatic rings. The predicted octanol–water partition coefficient (Wildman–Crippen LogP) is 6.36. The molecule has 39 heavy (non-hydrogen) atoms. The number of benzene rings is 2. The Morgan fingerprint density at radius 1 is 1.08 bits per heavy atom. The molecule has 0 unspecified atom stereocenters. The van der Waals surface area contributed by atoms with Crippen molar-refractivity contribution in [3.63, 3.8) is 0 Å². The van der Waals surface area contributed by atoms with Crippen LogP contribution in [0.25, 0.3) is 26.6 Å². The third-order valence-electron chi connectivity index (χ3n) is 7.08. The standard InChI is InChI=1S/C30H27ClN4O3S/c31-22-7-8-28(32-16-22)35-10-3-4-23(35)18-34-11-13-37-29-21(17-34)14-20(15-26(29)38-24-9-12-36-19-24)30-33-25-5-1-2-6-27(25)39-30/h1-8,10,14-16,24H,9,11-13,17-19H2/t24-/m0/s1. The van der Waals surface area contributed by atoms with E-state index in [4.69, 9.17) is 30.8 Å². The molecule has 3 aromatic heterocycles. The number of para-hydroxylation sites is 1. The molecule has 0 amide bonds. The molecule has 0 radical (unpaired) electrons. The molecule has 5 heterocycles. The first-order valence-corrected chi connectivity index (χ1v) is 14.3. The highest BCUT2D eigenvalue weighted by molar-refractivity contribution is 7.21.